The van der Waals surface area contributed by atoms with Crippen LogP contribution >= 0.6 is 0 Å². The third-order valence-electron chi connectivity index (χ3n) is 3.45. The maximum absolute atomic E-state index is 13.4. The largest absolute Gasteiger partial charge is 0.478 e. The number of alkyl halides is 6. The normalized spacial score (nSPS) is 12.1. The van der Waals surface area contributed by atoms with E-state index < -0.39 is 46.5 Å². The maximum Gasteiger partial charge on any atom is 0.417 e. The van der Waals surface area contributed by atoms with Crippen molar-refractivity contribution >= 4 is 11.9 Å². The molecule has 0 fully saturated rings. The molecule has 0 aliphatic heterocycles. The Labute approximate surface area is 141 Å². The molecule has 4 nitrogen and oxygen atoms in total. The van der Waals surface area contributed by atoms with Crippen molar-refractivity contribution in [2.75, 3.05) is 0 Å². The van der Waals surface area contributed by atoms with Crippen LogP contribution in [0.15, 0.2) is 36.4 Å². The van der Waals surface area contributed by atoms with Gasteiger partial charge in [0.15, 0.2) is 0 Å². The van der Waals surface area contributed by atoms with Crippen LogP contribution in [0.4, 0.5) is 26.3 Å². The molecule has 138 valence electrons. The molecule has 0 aromatic heterocycles. The van der Waals surface area contributed by atoms with Gasteiger partial charge in [-0.15, -0.1) is 0 Å². The fourth-order valence-corrected chi connectivity index (χ4v) is 2.40. The number of aromatic carboxylic acids is 2. The molecule has 26 heavy (non-hydrogen) atoms. The summed E-state index contributed by atoms with van der Waals surface area (Å²) < 4.78 is 79.8. The second kappa shape index (κ2) is 6.36. The molecule has 0 bridgehead atoms. The van der Waals surface area contributed by atoms with Crippen LogP contribution in [0.5, 0.6) is 0 Å². The van der Waals surface area contributed by atoms with Crippen molar-refractivity contribution in [3.63, 3.8) is 0 Å². The molecular weight excluding hydrogens is 370 g/mol. The van der Waals surface area contributed by atoms with E-state index in [-0.39, 0.29) is 11.1 Å². The fraction of sp³-hybridized carbons (Fsp3) is 0.125. The highest BCUT2D eigenvalue weighted by molar-refractivity contribution is 5.92. The number of halogens is 6. The smallest absolute Gasteiger partial charge is 0.417 e. The molecule has 2 aromatic carbocycles. The summed E-state index contributed by atoms with van der Waals surface area (Å²) in [6, 6.07) is 4.72. The number of carboxylic acids is 2. The van der Waals surface area contributed by atoms with Gasteiger partial charge in [-0.3, -0.25) is 0 Å². The van der Waals surface area contributed by atoms with E-state index in [1.807, 2.05) is 0 Å². The van der Waals surface area contributed by atoms with E-state index in [1.165, 1.54) is 0 Å². The summed E-state index contributed by atoms with van der Waals surface area (Å²) in [5.74, 6) is -3.53. The van der Waals surface area contributed by atoms with Crippen molar-refractivity contribution in [2.45, 2.75) is 12.4 Å². The van der Waals surface area contributed by atoms with Gasteiger partial charge in [-0.05, 0) is 29.3 Å². The van der Waals surface area contributed by atoms with Gasteiger partial charge in [0.1, 0.15) is 0 Å². The Morgan fingerprint density at radius 2 is 1.19 bits per heavy atom. The highest BCUT2D eigenvalue weighted by Crippen LogP contribution is 2.46. The molecule has 2 N–H and O–H groups in total. The molecule has 0 unspecified atom stereocenters. The van der Waals surface area contributed by atoms with Crippen LogP contribution in [-0.4, -0.2) is 22.2 Å². The van der Waals surface area contributed by atoms with Gasteiger partial charge in [-0.2, -0.15) is 26.3 Å². The van der Waals surface area contributed by atoms with Crippen LogP contribution in [0.1, 0.15) is 31.8 Å². The number of carboxylic acid groups (broad SMARTS) is 2. The Morgan fingerprint density at radius 1 is 0.692 bits per heavy atom. The number of benzene rings is 2. The lowest BCUT2D eigenvalue weighted by Crippen LogP contribution is -2.22. The molecule has 10 heteroatoms. The van der Waals surface area contributed by atoms with E-state index in [2.05, 4.69) is 0 Å². The monoisotopic (exact) mass is 378 g/mol. The summed E-state index contributed by atoms with van der Waals surface area (Å²) in [6.07, 6.45) is -11.1. The first-order chi connectivity index (χ1) is 11.8. The van der Waals surface area contributed by atoms with E-state index in [9.17, 15) is 35.9 Å². The summed E-state index contributed by atoms with van der Waals surface area (Å²) >= 11 is 0. The van der Waals surface area contributed by atoms with Gasteiger partial charge in [0, 0.05) is 0 Å². The van der Waals surface area contributed by atoms with Crippen LogP contribution < -0.4 is 0 Å². The van der Waals surface area contributed by atoms with Crippen molar-refractivity contribution in [2.24, 2.45) is 0 Å². The molecule has 0 aliphatic carbocycles. The van der Waals surface area contributed by atoms with Crippen LogP contribution in [0.3, 0.4) is 0 Å². The second-order valence-electron chi connectivity index (χ2n) is 5.09. The zero-order chi connectivity index (χ0) is 19.9. The van der Waals surface area contributed by atoms with Crippen molar-refractivity contribution < 1.29 is 46.1 Å². The van der Waals surface area contributed by atoms with Gasteiger partial charge in [0.25, 0.3) is 0 Å². The first kappa shape index (κ1) is 19.3. The molecule has 2 rings (SSSR count). The minimum absolute atomic E-state index is 0.277. The SMILES string of the molecule is O=C(O)c1ccc(-c2ccc(C(=O)O)c(C(F)(F)F)c2C(F)(F)F)cc1. The Morgan fingerprint density at radius 3 is 1.58 bits per heavy atom. The van der Waals surface area contributed by atoms with Gasteiger partial charge in [-0.1, -0.05) is 18.2 Å². The van der Waals surface area contributed by atoms with Crippen molar-refractivity contribution in [3.05, 3.63) is 58.7 Å². The third-order valence-corrected chi connectivity index (χ3v) is 3.45. The highest BCUT2D eigenvalue weighted by Gasteiger charge is 2.47. The summed E-state index contributed by atoms with van der Waals surface area (Å²) in [4.78, 5) is 21.8. The minimum atomic E-state index is -5.57. The molecule has 0 atom stereocenters. The lowest BCUT2D eigenvalue weighted by molar-refractivity contribution is -0.162. The zero-order valence-corrected chi connectivity index (χ0v) is 12.4. The minimum Gasteiger partial charge on any atom is -0.478 e. The van der Waals surface area contributed by atoms with E-state index in [0.29, 0.717) is 12.1 Å². The van der Waals surface area contributed by atoms with Crippen molar-refractivity contribution in [1.29, 1.82) is 0 Å². The second-order valence-corrected chi connectivity index (χ2v) is 5.09. The number of hydrogen-bond donors (Lipinski definition) is 2. The Balaban J connectivity index is 2.86. The molecule has 0 radical (unpaired) electrons. The standard InChI is InChI=1S/C16H8F6O4/c17-15(18,19)11-9(7-1-3-8(4-2-7)13(23)24)5-6-10(14(25)26)12(11)16(20,21)22/h1-6H,(H,23,24)(H,25,26). The predicted octanol–water partition coefficient (Wildman–Crippen LogP) is 4.79. The molecule has 2 aromatic rings. The summed E-state index contributed by atoms with van der Waals surface area (Å²) in [5, 5.41) is 17.6. The summed E-state index contributed by atoms with van der Waals surface area (Å²) in [6.45, 7) is 0. The van der Waals surface area contributed by atoms with Crippen LogP contribution in [0.2, 0.25) is 0 Å². The van der Waals surface area contributed by atoms with Crippen molar-refractivity contribution in [1.82, 2.24) is 0 Å². The average Bonchev–Trinajstić information content (AvgIpc) is 2.51. The van der Waals surface area contributed by atoms with Gasteiger partial charge < -0.3 is 10.2 Å². The molecule has 0 saturated heterocycles. The maximum atomic E-state index is 13.4. The zero-order valence-electron chi connectivity index (χ0n) is 12.4. The van der Waals surface area contributed by atoms with Crippen LogP contribution in [0.25, 0.3) is 11.1 Å². The van der Waals surface area contributed by atoms with E-state index in [4.69, 9.17) is 10.2 Å². The van der Waals surface area contributed by atoms with E-state index in [1.54, 1.807) is 0 Å². The van der Waals surface area contributed by atoms with E-state index in [0.717, 1.165) is 24.3 Å². The van der Waals surface area contributed by atoms with Gasteiger partial charge in [0.2, 0.25) is 0 Å². The Bertz CT molecular complexity index is 866. The average molecular weight is 378 g/mol. The molecule has 0 heterocycles. The first-order valence-electron chi connectivity index (χ1n) is 6.72. The lowest BCUT2D eigenvalue weighted by atomic mass is 9.90. The van der Waals surface area contributed by atoms with Gasteiger partial charge in [-0.25, -0.2) is 9.59 Å². The Hall–Kier alpha value is -3.04. The predicted molar refractivity (Wildman–Crippen MR) is 75.8 cm³/mol. The van der Waals surface area contributed by atoms with Crippen LogP contribution in [-0.2, 0) is 12.4 Å². The summed E-state index contributed by atoms with van der Waals surface area (Å²) in [5.41, 5.74) is -7.52. The molecule has 0 spiro atoms. The van der Waals surface area contributed by atoms with Crippen molar-refractivity contribution in [3.8, 4) is 11.1 Å². The Kier molecular flexibility index (Phi) is 4.71. The van der Waals surface area contributed by atoms with Gasteiger partial charge >= 0.3 is 24.3 Å². The van der Waals surface area contributed by atoms with E-state index >= 15 is 0 Å². The number of carbonyl (C=O) groups is 2. The topological polar surface area (TPSA) is 74.6 Å². The van der Waals surface area contributed by atoms with Gasteiger partial charge in [0.05, 0.1) is 22.3 Å². The molecular formula is C16H8F6O4. The molecule has 0 aliphatic rings. The number of hydrogen-bond acceptors (Lipinski definition) is 2. The van der Waals surface area contributed by atoms with Crippen LogP contribution in [0, 0.1) is 0 Å². The number of rotatable bonds is 3. The lowest BCUT2D eigenvalue weighted by Gasteiger charge is -2.21. The highest BCUT2D eigenvalue weighted by atomic mass is 19.4. The summed E-state index contributed by atoms with van der Waals surface area (Å²) in [7, 11) is 0. The quantitative estimate of drug-likeness (QED) is 0.754. The third kappa shape index (κ3) is 3.63. The first-order valence-corrected chi connectivity index (χ1v) is 6.72. The molecule has 0 saturated carbocycles. The fourth-order valence-electron chi connectivity index (χ4n) is 2.40. The molecule has 0 amide bonds.